The van der Waals surface area contributed by atoms with Gasteiger partial charge in [-0.25, -0.2) is 21.6 Å². The quantitative estimate of drug-likeness (QED) is 0.664. The molecule has 1 saturated heterocycles. The van der Waals surface area contributed by atoms with Crippen molar-refractivity contribution in [1.29, 1.82) is 0 Å². The molecule has 5 nitrogen and oxygen atoms in total. The van der Waals surface area contributed by atoms with Gasteiger partial charge in [-0.3, -0.25) is 0 Å². The smallest absolute Gasteiger partial charge is 0.209 e. The minimum absolute atomic E-state index is 0.0615. The second-order valence-electron chi connectivity index (χ2n) is 3.78. The zero-order chi connectivity index (χ0) is 10.3. The van der Waals surface area contributed by atoms with E-state index in [0.717, 1.165) is 6.26 Å². The van der Waals surface area contributed by atoms with Gasteiger partial charge in [0.15, 0.2) is 9.84 Å². The van der Waals surface area contributed by atoms with E-state index in [-0.39, 0.29) is 11.5 Å². The molecule has 0 saturated carbocycles. The molecule has 1 aliphatic heterocycles. The van der Waals surface area contributed by atoms with Crippen LogP contribution in [-0.4, -0.2) is 40.1 Å². The van der Waals surface area contributed by atoms with Crippen molar-refractivity contribution in [1.82, 2.24) is 4.72 Å². The van der Waals surface area contributed by atoms with Gasteiger partial charge in [0.2, 0.25) is 10.0 Å². The maximum Gasteiger partial charge on any atom is 0.209 e. The monoisotopic (exact) mass is 227 g/mol. The van der Waals surface area contributed by atoms with Crippen molar-refractivity contribution in [3.05, 3.63) is 0 Å². The molecule has 0 aromatic carbocycles. The Kier molecular flexibility index (Phi) is 2.46. The molecule has 0 aliphatic carbocycles. The zero-order valence-electron chi connectivity index (χ0n) is 7.57. The Labute approximate surface area is 78.5 Å². The lowest BCUT2D eigenvalue weighted by molar-refractivity contribution is 0.464. The summed E-state index contributed by atoms with van der Waals surface area (Å²) in [5.41, 5.74) is -0.813. The van der Waals surface area contributed by atoms with Gasteiger partial charge in [-0.1, -0.05) is 0 Å². The molecule has 78 valence electrons. The first-order valence-corrected chi connectivity index (χ1v) is 7.53. The Morgan fingerprint density at radius 1 is 1.38 bits per heavy atom. The number of hydrogen-bond acceptors (Lipinski definition) is 4. The predicted molar refractivity (Wildman–Crippen MR) is 49.7 cm³/mol. The molecule has 0 aromatic rings. The van der Waals surface area contributed by atoms with Gasteiger partial charge in [0.1, 0.15) is 0 Å². The third kappa shape index (κ3) is 3.24. The number of hydrogen-bond donors (Lipinski definition) is 1. The minimum atomic E-state index is -3.33. The van der Waals surface area contributed by atoms with E-state index >= 15 is 0 Å². The van der Waals surface area contributed by atoms with E-state index in [1.54, 1.807) is 6.92 Å². The van der Waals surface area contributed by atoms with Crippen LogP contribution in [0.4, 0.5) is 0 Å². The van der Waals surface area contributed by atoms with E-state index in [4.69, 9.17) is 0 Å². The van der Waals surface area contributed by atoms with Crippen LogP contribution in [-0.2, 0) is 19.9 Å². The lowest BCUT2D eigenvalue weighted by atomic mass is 10.0. The Morgan fingerprint density at radius 3 is 2.23 bits per heavy atom. The van der Waals surface area contributed by atoms with Crippen molar-refractivity contribution in [2.75, 3.05) is 17.8 Å². The van der Waals surface area contributed by atoms with E-state index < -0.39 is 25.4 Å². The second-order valence-corrected chi connectivity index (χ2v) is 7.71. The first-order valence-electron chi connectivity index (χ1n) is 3.81. The van der Waals surface area contributed by atoms with Crippen LogP contribution in [0.2, 0.25) is 0 Å². The SMILES string of the molecule is CC1(NS(C)(=O)=O)CCS(=O)(=O)C1. The van der Waals surface area contributed by atoms with Crippen LogP contribution >= 0.6 is 0 Å². The highest BCUT2D eigenvalue weighted by atomic mass is 32.2. The molecule has 1 heterocycles. The van der Waals surface area contributed by atoms with Gasteiger partial charge < -0.3 is 0 Å². The normalized spacial score (nSPS) is 33.4. The minimum Gasteiger partial charge on any atom is -0.229 e. The third-order valence-electron chi connectivity index (χ3n) is 1.94. The fourth-order valence-electron chi connectivity index (χ4n) is 1.54. The van der Waals surface area contributed by atoms with Crippen LogP contribution in [0.5, 0.6) is 0 Å². The van der Waals surface area contributed by atoms with Gasteiger partial charge >= 0.3 is 0 Å². The van der Waals surface area contributed by atoms with Crippen LogP contribution in [0.1, 0.15) is 13.3 Å². The van der Waals surface area contributed by atoms with Gasteiger partial charge in [-0.2, -0.15) is 0 Å². The summed E-state index contributed by atoms with van der Waals surface area (Å²) in [6.45, 7) is 1.61. The van der Waals surface area contributed by atoms with Gasteiger partial charge in [0, 0.05) is 5.54 Å². The molecule has 1 N–H and O–H groups in total. The van der Waals surface area contributed by atoms with E-state index in [1.165, 1.54) is 0 Å². The molecule has 1 atom stereocenters. The highest BCUT2D eigenvalue weighted by Gasteiger charge is 2.40. The number of rotatable bonds is 2. The molecule has 0 bridgehead atoms. The van der Waals surface area contributed by atoms with Crippen LogP contribution in [0.15, 0.2) is 0 Å². The maximum atomic E-state index is 11.1. The van der Waals surface area contributed by atoms with Crippen molar-refractivity contribution >= 4 is 19.9 Å². The average Bonchev–Trinajstić information content (AvgIpc) is 2.00. The predicted octanol–water partition coefficient (Wildman–Crippen LogP) is -0.887. The fourth-order valence-corrected chi connectivity index (χ4v) is 4.79. The van der Waals surface area contributed by atoms with E-state index in [2.05, 4.69) is 4.72 Å². The molecule has 0 aromatic heterocycles. The lowest BCUT2D eigenvalue weighted by Crippen LogP contribution is -2.46. The highest BCUT2D eigenvalue weighted by molar-refractivity contribution is 7.92. The lowest BCUT2D eigenvalue weighted by Gasteiger charge is -2.21. The summed E-state index contributed by atoms with van der Waals surface area (Å²) in [7, 11) is -6.38. The molecule has 0 spiro atoms. The fraction of sp³-hybridized carbons (Fsp3) is 1.00. The molecule has 0 radical (unpaired) electrons. The molecular weight excluding hydrogens is 214 g/mol. The molecule has 1 unspecified atom stereocenters. The Morgan fingerprint density at radius 2 is 1.92 bits per heavy atom. The van der Waals surface area contributed by atoms with E-state index in [0.29, 0.717) is 6.42 Å². The molecule has 7 heteroatoms. The van der Waals surface area contributed by atoms with E-state index in [1.807, 2.05) is 0 Å². The average molecular weight is 227 g/mol. The van der Waals surface area contributed by atoms with Crippen LogP contribution < -0.4 is 4.72 Å². The number of sulfone groups is 1. The summed E-state index contributed by atoms with van der Waals surface area (Å²) < 4.78 is 46.3. The molecule has 1 rings (SSSR count). The molecular formula is C6H13NO4S2. The van der Waals surface area contributed by atoms with Crippen molar-refractivity contribution in [2.45, 2.75) is 18.9 Å². The Bertz CT molecular complexity index is 396. The first kappa shape index (κ1) is 10.9. The van der Waals surface area contributed by atoms with E-state index in [9.17, 15) is 16.8 Å². The Hall–Kier alpha value is -0.140. The molecule has 1 aliphatic rings. The summed E-state index contributed by atoms with van der Waals surface area (Å²) >= 11 is 0. The topological polar surface area (TPSA) is 80.3 Å². The van der Waals surface area contributed by atoms with Gasteiger partial charge in [0.25, 0.3) is 0 Å². The summed E-state index contributed by atoms with van der Waals surface area (Å²) in [5, 5.41) is 0. The van der Waals surface area contributed by atoms with Crippen molar-refractivity contribution in [3.63, 3.8) is 0 Å². The maximum absolute atomic E-state index is 11.1. The highest BCUT2D eigenvalue weighted by Crippen LogP contribution is 2.23. The summed E-state index contributed by atoms with van der Waals surface area (Å²) in [6.07, 6.45) is 1.38. The third-order valence-corrected chi connectivity index (χ3v) is 4.70. The summed E-state index contributed by atoms with van der Waals surface area (Å²) in [4.78, 5) is 0. The van der Waals surface area contributed by atoms with Gasteiger partial charge in [-0.15, -0.1) is 0 Å². The van der Waals surface area contributed by atoms with Gasteiger partial charge in [-0.05, 0) is 13.3 Å². The van der Waals surface area contributed by atoms with Crippen molar-refractivity contribution in [2.24, 2.45) is 0 Å². The molecule has 1 fully saturated rings. The van der Waals surface area contributed by atoms with Crippen molar-refractivity contribution in [3.8, 4) is 0 Å². The summed E-state index contributed by atoms with van der Waals surface area (Å²) in [6, 6.07) is 0. The van der Waals surface area contributed by atoms with Gasteiger partial charge in [0.05, 0.1) is 17.8 Å². The largest absolute Gasteiger partial charge is 0.229 e. The number of sulfonamides is 1. The Balaban J connectivity index is 2.83. The number of nitrogens with one attached hydrogen (secondary N) is 1. The van der Waals surface area contributed by atoms with Crippen LogP contribution in [0.25, 0.3) is 0 Å². The second kappa shape index (κ2) is 2.93. The van der Waals surface area contributed by atoms with Crippen LogP contribution in [0, 0.1) is 0 Å². The standard InChI is InChI=1S/C6H13NO4S2/c1-6(7-12(2,8)9)3-4-13(10,11)5-6/h7H,3-5H2,1-2H3. The van der Waals surface area contributed by atoms with Crippen molar-refractivity contribution < 1.29 is 16.8 Å². The molecule has 13 heavy (non-hydrogen) atoms. The summed E-state index contributed by atoms with van der Waals surface area (Å²) in [5.74, 6) is -0.0426. The first-order chi connectivity index (χ1) is 5.62. The molecule has 0 amide bonds. The van der Waals surface area contributed by atoms with Crippen LogP contribution in [0.3, 0.4) is 0 Å². The zero-order valence-corrected chi connectivity index (χ0v) is 9.20.